The Bertz CT molecular complexity index is 598. The number of aromatic nitrogens is 1. The van der Waals surface area contributed by atoms with Crippen molar-refractivity contribution in [2.24, 2.45) is 0 Å². The standard InChI is InChI=1S/C15H15F3N2O2/c16-15(17,18)11-3-6-14(19-8-11)20-12(9-21)7-10-1-4-13(22)5-2-10/h1-6,8,12,21-22H,7,9H2,(H,19,20)/t12-/m0/s1. The maximum absolute atomic E-state index is 12.4. The molecule has 1 aromatic heterocycles. The lowest BCUT2D eigenvalue weighted by molar-refractivity contribution is -0.137. The van der Waals surface area contributed by atoms with Gasteiger partial charge in [0.15, 0.2) is 0 Å². The second-order valence-corrected chi connectivity index (χ2v) is 4.82. The van der Waals surface area contributed by atoms with Crippen LogP contribution in [0.4, 0.5) is 19.0 Å². The van der Waals surface area contributed by atoms with Crippen LogP contribution in [0.3, 0.4) is 0 Å². The molecule has 7 heteroatoms. The third-order valence-corrected chi connectivity index (χ3v) is 3.08. The van der Waals surface area contributed by atoms with E-state index < -0.39 is 17.8 Å². The minimum absolute atomic E-state index is 0.140. The number of alkyl halides is 3. The molecule has 0 bridgehead atoms. The summed E-state index contributed by atoms with van der Waals surface area (Å²) < 4.78 is 37.3. The van der Waals surface area contributed by atoms with Gasteiger partial charge in [0.05, 0.1) is 18.2 Å². The molecule has 0 unspecified atom stereocenters. The summed E-state index contributed by atoms with van der Waals surface area (Å²) in [5.74, 6) is 0.396. The van der Waals surface area contributed by atoms with Crippen molar-refractivity contribution in [2.45, 2.75) is 18.6 Å². The van der Waals surface area contributed by atoms with Gasteiger partial charge < -0.3 is 15.5 Å². The van der Waals surface area contributed by atoms with Crippen molar-refractivity contribution in [3.05, 3.63) is 53.7 Å². The van der Waals surface area contributed by atoms with Gasteiger partial charge in [0.2, 0.25) is 0 Å². The summed E-state index contributed by atoms with van der Waals surface area (Å²) in [5, 5.41) is 21.5. The van der Waals surface area contributed by atoms with Crippen molar-refractivity contribution >= 4 is 5.82 Å². The number of benzene rings is 1. The fraction of sp³-hybridized carbons (Fsp3) is 0.267. The Morgan fingerprint density at radius 3 is 2.27 bits per heavy atom. The average molecular weight is 312 g/mol. The minimum atomic E-state index is -4.42. The summed E-state index contributed by atoms with van der Waals surface area (Å²) in [7, 11) is 0. The zero-order valence-electron chi connectivity index (χ0n) is 11.5. The molecule has 0 radical (unpaired) electrons. The SMILES string of the molecule is OC[C@H](Cc1ccc(O)cc1)Nc1ccc(C(F)(F)F)cn1. The molecule has 0 aliphatic heterocycles. The number of aliphatic hydroxyl groups excluding tert-OH is 1. The van der Waals surface area contributed by atoms with Crippen LogP contribution >= 0.6 is 0 Å². The van der Waals surface area contributed by atoms with Gasteiger partial charge in [-0.25, -0.2) is 4.98 Å². The quantitative estimate of drug-likeness (QED) is 0.794. The highest BCUT2D eigenvalue weighted by Gasteiger charge is 2.30. The first-order valence-electron chi connectivity index (χ1n) is 6.57. The molecule has 1 aromatic carbocycles. The lowest BCUT2D eigenvalue weighted by atomic mass is 10.1. The fourth-order valence-corrected chi connectivity index (χ4v) is 1.93. The first-order chi connectivity index (χ1) is 10.4. The number of pyridine rings is 1. The number of phenols is 1. The Hall–Kier alpha value is -2.28. The zero-order valence-corrected chi connectivity index (χ0v) is 11.5. The second kappa shape index (κ2) is 6.65. The Labute approximate surface area is 125 Å². The van der Waals surface area contributed by atoms with Crippen LogP contribution in [0.2, 0.25) is 0 Å². The van der Waals surface area contributed by atoms with Crippen molar-refractivity contribution in [1.82, 2.24) is 4.98 Å². The molecule has 0 saturated carbocycles. The molecule has 2 aromatic rings. The summed E-state index contributed by atoms with van der Waals surface area (Å²) in [6, 6.07) is 8.24. The molecule has 2 rings (SSSR count). The molecule has 0 saturated heterocycles. The predicted molar refractivity (Wildman–Crippen MR) is 75.5 cm³/mol. The smallest absolute Gasteiger partial charge is 0.417 e. The molecule has 1 atom stereocenters. The summed E-state index contributed by atoms with van der Waals surface area (Å²) in [6.45, 7) is -0.205. The lowest BCUT2D eigenvalue weighted by Crippen LogP contribution is -2.26. The van der Waals surface area contributed by atoms with Crippen LogP contribution in [-0.2, 0) is 12.6 Å². The van der Waals surface area contributed by atoms with Crippen molar-refractivity contribution < 1.29 is 23.4 Å². The maximum Gasteiger partial charge on any atom is 0.417 e. The third kappa shape index (κ3) is 4.36. The molecule has 0 spiro atoms. The molecular weight excluding hydrogens is 297 g/mol. The molecule has 22 heavy (non-hydrogen) atoms. The Morgan fingerprint density at radius 1 is 1.09 bits per heavy atom. The van der Waals surface area contributed by atoms with E-state index in [4.69, 9.17) is 0 Å². The molecule has 0 aliphatic rings. The topological polar surface area (TPSA) is 65.4 Å². The van der Waals surface area contributed by atoms with Crippen LogP contribution in [0.15, 0.2) is 42.6 Å². The monoisotopic (exact) mass is 312 g/mol. The molecule has 1 heterocycles. The van der Waals surface area contributed by atoms with E-state index in [9.17, 15) is 23.4 Å². The molecule has 0 amide bonds. The van der Waals surface area contributed by atoms with E-state index in [1.807, 2.05) is 0 Å². The number of rotatable bonds is 5. The Kier molecular flexibility index (Phi) is 4.87. The number of nitrogens with zero attached hydrogens (tertiary/aromatic N) is 1. The van der Waals surface area contributed by atoms with Gasteiger partial charge in [0.1, 0.15) is 11.6 Å². The van der Waals surface area contributed by atoms with Crippen molar-refractivity contribution in [2.75, 3.05) is 11.9 Å². The maximum atomic E-state index is 12.4. The van der Waals surface area contributed by atoms with Crippen LogP contribution in [0, 0.1) is 0 Å². The van der Waals surface area contributed by atoms with E-state index in [0.29, 0.717) is 6.42 Å². The van der Waals surface area contributed by atoms with E-state index in [2.05, 4.69) is 10.3 Å². The molecule has 0 aliphatic carbocycles. The fourth-order valence-electron chi connectivity index (χ4n) is 1.93. The van der Waals surface area contributed by atoms with Crippen LogP contribution in [0.1, 0.15) is 11.1 Å². The lowest BCUT2D eigenvalue weighted by Gasteiger charge is -2.17. The number of nitrogens with one attached hydrogen (secondary N) is 1. The van der Waals surface area contributed by atoms with Gasteiger partial charge in [-0.3, -0.25) is 0 Å². The Morgan fingerprint density at radius 2 is 1.77 bits per heavy atom. The van der Waals surface area contributed by atoms with Crippen molar-refractivity contribution in [3.63, 3.8) is 0 Å². The van der Waals surface area contributed by atoms with Crippen LogP contribution in [0.25, 0.3) is 0 Å². The highest BCUT2D eigenvalue weighted by Crippen LogP contribution is 2.28. The number of anilines is 1. The predicted octanol–water partition coefficient (Wildman–Crippen LogP) is 2.82. The van der Waals surface area contributed by atoms with Crippen LogP contribution in [-0.4, -0.2) is 27.8 Å². The van der Waals surface area contributed by atoms with Gasteiger partial charge in [-0.15, -0.1) is 0 Å². The molecule has 0 fully saturated rings. The number of phenolic OH excluding ortho intramolecular Hbond substituents is 1. The van der Waals surface area contributed by atoms with E-state index in [1.165, 1.54) is 18.2 Å². The van der Waals surface area contributed by atoms with E-state index in [0.717, 1.165) is 17.8 Å². The van der Waals surface area contributed by atoms with Gasteiger partial charge in [0.25, 0.3) is 0 Å². The molecular formula is C15H15F3N2O2. The number of hydrogen-bond acceptors (Lipinski definition) is 4. The highest BCUT2D eigenvalue weighted by molar-refractivity contribution is 5.38. The normalized spacial score (nSPS) is 12.9. The van der Waals surface area contributed by atoms with Crippen molar-refractivity contribution in [1.29, 1.82) is 0 Å². The minimum Gasteiger partial charge on any atom is -0.508 e. The van der Waals surface area contributed by atoms with Gasteiger partial charge in [-0.1, -0.05) is 12.1 Å². The highest BCUT2D eigenvalue weighted by atomic mass is 19.4. The van der Waals surface area contributed by atoms with Crippen LogP contribution in [0.5, 0.6) is 5.75 Å². The summed E-state index contributed by atoms with van der Waals surface area (Å²) in [5.41, 5.74) is 0.0494. The third-order valence-electron chi connectivity index (χ3n) is 3.08. The number of halogens is 3. The average Bonchev–Trinajstić information content (AvgIpc) is 2.48. The zero-order chi connectivity index (χ0) is 16.2. The number of aliphatic hydroxyl groups is 1. The van der Waals surface area contributed by atoms with Gasteiger partial charge >= 0.3 is 6.18 Å². The number of hydrogen-bond donors (Lipinski definition) is 3. The van der Waals surface area contributed by atoms with Gasteiger partial charge in [0, 0.05) is 6.20 Å². The summed E-state index contributed by atoms with van der Waals surface area (Å²) >= 11 is 0. The Balaban J connectivity index is 2.02. The van der Waals surface area contributed by atoms with Crippen LogP contribution < -0.4 is 5.32 Å². The first-order valence-corrected chi connectivity index (χ1v) is 6.57. The summed E-state index contributed by atoms with van der Waals surface area (Å²) in [6.07, 6.45) is -3.23. The van der Waals surface area contributed by atoms with E-state index in [-0.39, 0.29) is 18.2 Å². The first kappa shape index (κ1) is 16.1. The van der Waals surface area contributed by atoms with Gasteiger partial charge in [-0.2, -0.15) is 13.2 Å². The molecule has 4 nitrogen and oxygen atoms in total. The number of aromatic hydroxyl groups is 1. The largest absolute Gasteiger partial charge is 0.508 e. The van der Waals surface area contributed by atoms with E-state index >= 15 is 0 Å². The summed E-state index contributed by atoms with van der Waals surface area (Å²) in [4.78, 5) is 3.71. The van der Waals surface area contributed by atoms with Gasteiger partial charge in [-0.05, 0) is 36.2 Å². The van der Waals surface area contributed by atoms with E-state index in [1.54, 1.807) is 12.1 Å². The van der Waals surface area contributed by atoms with Crippen molar-refractivity contribution in [3.8, 4) is 5.75 Å². The molecule has 3 N–H and O–H groups in total. The molecule has 118 valence electrons. The second-order valence-electron chi connectivity index (χ2n) is 4.82.